The number of aliphatic carboxylic acids is 1. The number of rotatable bonds is 8. The third-order valence-electron chi connectivity index (χ3n) is 4.28. The summed E-state index contributed by atoms with van der Waals surface area (Å²) < 4.78 is 1.61. The molecular weight excluding hydrogens is 378 g/mol. The number of hydrogen-bond acceptors (Lipinski definition) is 6. The van der Waals surface area contributed by atoms with Crippen molar-refractivity contribution in [3.8, 4) is 11.3 Å². The van der Waals surface area contributed by atoms with Gasteiger partial charge in [-0.05, 0) is 24.1 Å². The van der Waals surface area contributed by atoms with Crippen LogP contribution in [-0.4, -0.2) is 20.4 Å². The Morgan fingerprint density at radius 3 is 2.43 bits per heavy atom. The van der Waals surface area contributed by atoms with E-state index < -0.39 is 16.9 Å². The number of aromatic nitrogens is 2. The first-order valence-electron chi connectivity index (χ1n) is 8.71. The van der Waals surface area contributed by atoms with E-state index in [2.05, 4.69) is 4.98 Å². The van der Waals surface area contributed by atoms with Gasteiger partial charge in [0.2, 0.25) is 0 Å². The predicted octanol–water partition coefficient (Wildman–Crippen LogP) is 3.45. The van der Waals surface area contributed by atoms with Crippen LogP contribution in [0.5, 0.6) is 0 Å². The van der Waals surface area contributed by atoms with Crippen molar-refractivity contribution in [1.29, 1.82) is 0 Å². The monoisotopic (exact) mass is 396 g/mol. The van der Waals surface area contributed by atoms with E-state index in [1.54, 1.807) is 29.8 Å². The third-order valence-corrected chi connectivity index (χ3v) is 5.32. The number of hydrogen-bond donors (Lipinski definition) is 0. The normalized spacial score (nSPS) is 11.9. The Kier molecular flexibility index (Phi) is 6.10. The molecule has 1 atom stereocenters. The second-order valence-corrected chi connectivity index (χ2v) is 7.08. The van der Waals surface area contributed by atoms with Gasteiger partial charge in [0, 0.05) is 29.6 Å². The van der Waals surface area contributed by atoms with Gasteiger partial charge in [-0.25, -0.2) is 4.98 Å². The second kappa shape index (κ2) is 8.71. The number of carbonyl (C=O) groups excluding carboxylic acids is 1. The molecule has 2 aromatic carbocycles. The summed E-state index contributed by atoms with van der Waals surface area (Å²) in [5, 5.41) is 23.0. The highest BCUT2D eigenvalue weighted by Crippen LogP contribution is 2.30. The highest BCUT2D eigenvalue weighted by atomic mass is 32.2. The van der Waals surface area contributed by atoms with Gasteiger partial charge < -0.3 is 14.5 Å². The molecule has 144 valence electrons. The van der Waals surface area contributed by atoms with Gasteiger partial charge in [0.25, 0.3) is 5.69 Å². The van der Waals surface area contributed by atoms with Crippen LogP contribution in [0, 0.1) is 10.1 Å². The molecule has 0 amide bonds. The van der Waals surface area contributed by atoms with Crippen molar-refractivity contribution in [1.82, 2.24) is 9.55 Å². The summed E-state index contributed by atoms with van der Waals surface area (Å²) >= 11 is 1.44. The summed E-state index contributed by atoms with van der Waals surface area (Å²) in [5.41, 5.74) is 2.33. The van der Waals surface area contributed by atoms with E-state index in [4.69, 9.17) is 0 Å². The Labute approximate surface area is 166 Å². The molecule has 8 heteroatoms. The summed E-state index contributed by atoms with van der Waals surface area (Å²) in [4.78, 5) is 26.5. The lowest BCUT2D eigenvalue weighted by atomic mass is 10.1. The van der Waals surface area contributed by atoms with Crippen LogP contribution in [0.4, 0.5) is 5.69 Å². The Balaban J connectivity index is 1.94. The summed E-state index contributed by atoms with van der Waals surface area (Å²) in [6.45, 7) is 1.78. The molecule has 0 bridgehead atoms. The Morgan fingerprint density at radius 2 is 1.86 bits per heavy atom. The summed E-state index contributed by atoms with van der Waals surface area (Å²) in [6, 6.07) is 15.0. The van der Waals surface area contributed by atoms with Crippen LogP contribution in [0.25, 0.3) is 11.3 Å². The first kappa shape index (κ1) is 19.6. The molecular formula is C20H18N3O4S-. The van der Waals surface area contributed by atoms with Gasteiger partial charge >= 0.3 is 0 Å². The lowest BCUT2D eigenvalue weighted by Crippen LogP contribution is -2.33. The molecule has 0 saturated carbocycles. The van der Waals surface area contributed by atoms with E-state index in [0.29, 0.717) is 28.6 Å². The average Bonchev–Trinajstić information content (AvgIpc) is 3.11. The van der Waals surface area contributed by atoms with Crippen molar-refractivity contribution in [3.05, 3.63) is 76.5 Å². The van der Waals surface area contributed by atoms with Crippen molar-refractivity contribution in [3.63, 3.8) is 0 Å². The van der Waals surface area contributed by atoms with Crippen LogP contribution in [0.15, 0.2) is 66.0 Å². The maximum Gasteiger partial charge on any atom is 0.269 e. The number of imidazole rings is 1. The number of nitro groups is 1. The van der Waals surface area contributed by atoms with Gasteiger partial charge in [0.15, 0.2) is 5.16 Å². The Hall–Kier alpha value is -3.13. The maximum atomic E-state index is 11.6. The van der Waals surface area contributed by atoms with Gasteiger partial charge in [0.05, 0.1) is 22.6 Å². The van der Waals surface area contributed by atoms with Gasteiger partial charge in [-0.1, -0.05) is 49.0 Å². The fourth-order valence-electron chi connectivity index (χ4n) is 2.80. The molecule has 0 aliphatic carbocycles. The molecule has 0 aliphatic heterocycles. The zero-order chi connectivity index (χ0) is 20.1. The number of nitro benzene ring substituents is 1. The quantitative estimate of drug-likeness (QED) is 0.328. The molecule has 0 spiro atoms. The second-order valence-electron chi connectivity index (χ2n) is 6.14. The van der Waals surface area contributed by atoms with Gasteiger partial charge in [-0.15, -0.1) is 0 Å². The molecule has 1 aromatic heterocycles. The van der Waals surface area contributed by atoms with Crippen molar-refractivity contribution in [2.45, 2.75) is 30.3 Å². The zero-order valence-electron chi connectivity index (χ0n) is 15.1. The van der Waals surface area contributed by atoms with Crippen LogP contribution < -0.4 is 5.11 Å². The van der Waals surface area contributed by atoms with E-state index in [1.807, 2.05) is 30.3 Å². The molecule has 7 nitrogen and oxygen atoms in total. The van der Waals surface area contributed by atoms with Crippen LogP contribution >= 0.6 is 11.8 Å². The molecule has 1 unspecified atom stereocenters. The van der Waals surface area contributed by atoms with Gasteiger partial charge in [0.1, 0.15) is 0 Å². The minimum atomic E-state index is -1.17. The van der Waals surface area contributed by atoms with E-state index in [-0.39, 0.29) is 5.69 Å². The highest BCUT2D eigenvalue weighted by molar-refractivity contribution is 7.98. The smallest absolute Gasteiger partial charge is 0.269 e. The summed E-state index contributed by atoms with van der Waals surface area (Å²) in [5.74, 6) is -0.530. The molecule has 0 radical (unpaired) electrons. The van der Waals surface area contributed by atoms with E-state index >= 15 is 0 Å². The number of nitrogens with zero attached hydrogens (tertiary/aromatic N) is 3. The fraction of sp³-hybridized carbons (Fsp3) is 0.200. The van der Waals surface area contributed by atoms with Crippen molar-refractivity contribution >= 4 is 23.4 Å². The molecule has 0 aliphatic rings. The molecule has 0 saturated heterocycles. The van der Waals surface area contributed by atoms with Crippen molar-refractivity contribution in [2.24, 2.45) is 0 Å². The molecule has 0 fully saturated rings. The van der Waals surface area contributed by atoms with E-state index in [1.165, 1.54) is 23.9 Å². The first-order chi connectivity index (χ1) is 13.5. The molecule has 3 aromatic rings. The molecule has 0 N–H and O–H groups in total. The van der Waals surface area contributed by atoms with E-state index in [9.17, 15) is 20.0 Å². The van der Waals surface area contributed by atoms with Gasteiger partial charge in [-0.2, -0.15) is 0 Å². The minimum Gasteiger partial charge on any atom is -0.548 e. The number of non-ortho nitro benzene ring substituents is 1. The lowest BCUT2D eigenvalue weighted by Gasteiger charge is -2.19. The maximum absolute atomic E-state index is 11.6. The summed E-state index contributed by atoms with van der Waals surface area (Å²) in [7, 11) is 0. The van der Waals surface area contributed by atoms with Crippen LogP contribution in [-0.2, 0) is 10.5 Å². The Bertz CT molecular complexity index is 971. The number of benzene rings is 2. The van der Waals surface area contributed by atoms with Gasteiger partial charge in [-0.3, -0.25) is 10.1 Å². The van der Waals surface area contributed by atoms with Crippen LogP contribution in [0.3, 0.4) is 0 Å². The SMILES string of the molecule is CCC(C(=O)[O-])n1cc(-c2ccc([N+](=O)[O-])cc2)nc1SCc1ccccc1. The zero-order valence-corrected chi connectivity index (χ0v) is 16.0. The molecule has 1 heterocycles. The van der Waals surface area contributed by atoms with Crippen molar-refractivity contribution in [2.75, 3.05) is 0 Å². The Morgan fingerprint density at radius 1 is 1.18 bits per heavy atom. The first-order valence-corrected chi connectivity index (χ1v) is 9.69. The lowest BCUT2D eigenvalue weighted by molar-refractivity contribution is -0.384. The standard InChI is InChI=1S/C20H19N3O4S/c1-2-18(19(24)25)22-12-17(15-8-10-16(11-9-15)23(26)27)21-20(22)28-13-14-6-4-3-5-7-14/h3-12,18H,2,13H2,1H3,(H,24,25)/p-1. The minimum absolute atomic E-state index is 0.0111. The van der Waals surface area contributed by atoms with E-state index in [0.717, 1.165) is 5.56 Å². The topological polar surface area (TPSA) is 101 Å². The largest absolute Gasteiger partial charge is 0.548 e. The fourth-order valence-corrected chi connectivity index (χ4v) is 3.78. The number of carboxylic acid groups (broad SMARTS) is 1. The van der Waals surface area contributed by atoms with Crippen LogP contribution in [0.1, 0.15) is 24.9 Å². The highest BCUT2D eigenvalue weighted by Gasteiger charge is 2.18. The number of carboxylic acids is 1. The number of carbonyl (C=O) groups is 1. The predicted molar refractivity (Wildman–Crippen MR) is 105 cm³/mol. The molecule has 3 rings (SSSR count). The average molecular weight is 396 g/mol. The summed E-state index contributed by atoms with van der Waals surface area (Å²) in [6.07, 6.45) is 2.02. The number of thioether (sulfide) groups is 1. The molecule has 28 heavy (non-hydrogen) atoms. The van der Waals surface area contributed by atoms with Crippen LogP contribution in [0.2, 0.25) is 0 Å². The van der Waals surface area contributed by atoms with Crippen molar-refractivity contribution < 1.29 is 14.8 Å². The third kappa shape index (κ3) is 4.40.